The molecular formula is C22H17ClF3N5O2S2. The van der Waals surface area contributed by atoms with E-state index in [-0.39, 0.29) is 26.9 Å². The summed E-state index contributed by atoms with van der Waals surface area (Å²) in [4.78, 5) is 31.0. The van der Waals surface area contributed by atoms with Gasteiger partial charge in [0, 0.05) is 4.88 Å². The second-order valence-electron chi connectivity index (χ2n) is 8.27. The van der Waals surface area contributed by atoms with Crippen molar-refractivity contribution in [3.63, 3.8) is 0 Å². The highest BCUT2D eigenvalue weighted by molar-refractivity contribution is 7.17. The Morgan fingerprint density at radius 1 is 1.34 bits per heavy atom. The van der Waals surface area contributed by atoms with E-state index in [1.54, 1.807) is 17.5 Å². The van der Waals surface area contributed by atoms with Crippen LogP contribution in [0.4, 0.5) is 18.2 Å². The molecule has 3 N–H and O–H groups in total. The summed E-state index contributed by atoms with van der Waals surface area (Å²) in [5, 5.41) is 8.06. The van der Waals surface area contributed by atoms with E-state index >= 15 is 0 Å². The number of alkyl halides is 3. The monoisotopic (exact) mass is 539 g/mol. The van der Waals surface area contributed by atoms with Gasteiger partial charge in [-0.25, -0.2) is 9.50 Å². The van der Waals surface area contributed by atoms with Crippen LogP contribution in [0.1, 0.15) is 50.3 Å². The van der Waals surface area contributed by atoms with Crippen LogP contribution in [-0.4, -0.2) is 26.4 Å². The number of thiophene rings is 2. The van der Waals surface area contributed by atoms with E-state index in [2.05, 4.69) is 22.3 Å². The van der Waals surface area contributed by atoms with E-state index < -0.39 is 29.4 Å². The fraction of sp³-hybridized carbons (Fsp3) is 0.273. The first-order valence-electron chi connectivity index (χ1n) is 10.5. The number of halogens is 4. The van der Waals surface area contributed by atoms with Crippen molar-refractivity contribution in [1.82, 2.24) is 14.6 Å². The molecule has 13 heteroatoms. The molecule has 1 aliphatic carbocycles. The molecule has 0 bridgehead atoms. The summed E-state index contributed by atoms with van der Waals surface area (Å²) in [6, 6.07) is 4.18. The number of hydrogen-bond donors (Lipinski definition) is 2. The van der Waals surface area contributed by atoms with Gasteiger partial charge in [-0.15, -0.1) is 22.7 Å². The van der Waals surface area contributed by atoms with Crippen molar-refractivity contribution in [1.29, 1.82) is 0 Å². The molecule has 0 radical (unpaired) electrons. The van der Waals surface area contributed by atoms with E-state index in [0.717, 1.165) is 29.3 Å². The van der Waals surface area contributed by atoms with Gasteiger partial charge in [-0.3, -0.25) is 9.59 Å². The maximum Gasteiger partial charge on any atom is 0.433 e. The molecule has 1 atom stereocenters. The molecule has 0 saturated heterocycles. The quantitative estimate of drug-likeness (QED) is 0.349. The number of primary amides is 1. The molecule has 4 aromatic heterocycles. The van der Waals surface area contributed by atoms with Crippen LogP contribution in [0.25, 0.3) is 16.2 Å². The summed E-state index contributed by atoms with van der Waals surface area (Å²) in [5.74, 6) is -1.13. The number of rotatable bonds is 4. The predicted octanol–water partition coefficient (Wildman–Crippen LogP) is 5.67. The second-order valence-corrected chi connectivity index (χ2v) is 10.7. The van der Waals surface area contributed by atoms with Crippen LogP contribution in [-0.2, 0) is 19.0 Å². The Labute approximate surface area is 209 Å². The van der Waals surface area contributed by atoms with E-state index in [4.69, 9.17) is 17.3 Å². The molecule has 5 rings (SSSR count). The van der Waals surface area contributed by atoms with Gasteiger partial charge in [-0.05, 0) is 48.3 Å². The van der Waals surface area contributed by atoms with E-state index in [0.29, 0.717) is 21.7 Å². The molecule has 2 amide bonds. The summed E-state index contributed by atoms with van der Waals surface area (Å²) in [6.07, 6.45) is -2.50. The van der Waals surface area contributed by atoms with Crippen LogP contribution in [0.3, 0.4) is 0 Å². The van der Waals surface area contributed by atoms with Crippen LogP contribution in [0.15, 0.2) is 23.6 Å². The number of carbonyl (C=O) groups is 2. The van der Waals surface area contributed by atoms with Crippen molar-refractivity contribution in [2.24, 2.45) is 11.7 Å². The average Bonchev–Trinajstić information content (AvgIpc) is 3.50. The molecule has 1 unspecified atom stereocenters. The van der Waals surface area contributed by atoms with Gasteiger partial charge in [0.15, 0.2) is 17.0 Å². The average molecular weight is 540 g/mol. The first-order valence-corrected chi connectivity index (χ1v) is 12.6. The minimum absolute atomic E-state index is 0.0599. The van der Waals surface area contributed by atoms with Gasteiger partial charge in [0.25, 0.3) is 11.8 Å². The number of hydrogen-bond acceptors (Lipinski definition) is 6. The number of nitrogens with one attached hydrogen (secondary N) is 1. The van der Waals surface area contributed by atoms with Gasteiger partial charge >= 0.3 is 6.18 Å². The Bertz CT molecular complexity index is 1480. The number of carbonyl (C=O) groups excluding carboxylic acids is 2. The molecule has 0 saturated carbocycles. The molecule has 4 aromatic rings. The molecule has 4 heterocycles. The number of nitrogens with two attached hydrogens (primary N) is 1. The summed E-state index contributed by atoms with van der Waals surface area (Å²) in [7, 11) is 0. The van der Waals surface area contributed by atoms with Crippen LogP contribution in [0, 0.1) is 5.92 Å². The third-order valence-corrected chi connectivity index (χ3v) is 8.21. The molecule has 35 heavy (non-hydrogen) atoms. The molecule has 182 valence electrons. The lowest BCUT2D eigenvalue weighted by Crippen LogP contribution is -2.20. The highest BCUT2D eigenvalue weighted by Gasteiger charge is 2.37. The molecule has 0 fully saturated rings. The minimum Gasteiger partial charge on any atom is -0.365 e. The van der Waals surface area contributed by atoms with Crippen molar-refractivity contribution in [2.75, 3.05) is 5.32 Å². The van der Waals surface area contributed by atoms with Crippen LogP contribution in [0.2, 0.25) is 5.02 Å². The van der Waals surface area contributed by atoms with Crippen molar-refractivity contribution >= 4 is 56.7 Å². The molecule has 1 aliphatic rings. The predicted molar refractivity (Wildman–Crippen MR) is 128 cm³/mol. The number of amides is 2. The fourth-order valence-corrected chi connectivity index (χ4v) is 6.49. The maximum absolute atomic E-state index is 13.9. The van der Waals surface area contributed by atoms with E-state index in [9.17, 15) is 22.8 Å². The zero-order chi connectivity index (χ0) is 25.1. The minimum atomic E-state index is -4.78. The smallest absolute Gasteiger partial charge is 0.365 e. The summed E-state index contributed by atoms with van der Waals surface area (Å²) in [6.45, 7) is 2.09. The Balaban J connectivity index is 1.59. The third-order valence-electron chi connectivity index (χ3n) is 5.80. The van der Waals surface area contributed by atoms with Crippen LogP contribution >= 0.6 is 34.3 Å². The number of nitrogens with zero attached hydrogens (tertiary/aromatic N) is 3. The van der Waals surface area contributed by atoms with Crippen molar-refractivity contribution in [3.8, 4) is 10.6 Å². The highest BCUT2D eigenvalue weighted by Crippen LogP contribution is 2.40. The van der Waals surface area contributed by atoms with Gasteiger partial charge in [-0.2, -0.15) is 18.3 Å². The molecule has 7 nitrogen and oxygen atoms in total. The Kier molecular flexibility index (Phi) is 5.85. The lowest BCUT2D eigenvalue weighted by Gasteiger charge is -2.18. The third kappa shape index (κ3) is 4.19. The molecule has 0 aliphatic heterocycles. The number of anilines is 1. The molecule has 0 spiro atoms. The largest absolute Gasteiger partial charge is 0.433 e. The van der Waals surface area contributed by atoms with Crippen molar-refractivity contribution in [3.05, 3.63) is 56.0 Å². The van der Waals surface area contributed by atoms with Crippen molar-refractivity contribution < 1.29 is 22.8 Å². The maximum atomic E-state index is 13.9. The molecular weight excluding hydrogens is 523 g/mol. The summed E-state index contributed by atoms with van der Waals surface area (Å²) in [5.41, 5.74) is 4.81. The van der Waals surface area contributed by atoms with E-state index in [1.165, 1.54) is 22.7 Å². The number of fused-ring (bicyclic) bond motifs is 2. The fourth-order valence-electron chi connectivity index (χ4n) is 4.15. The van der Waals surface area contributed by atoms with Gasteiger partial charge in [-0.1, -0.05) is 24.6 Å². The zero-order valence-corrected chi connectivity index (χ0v) is 20.5. The normalized spacial score (nSPS) is 15.9. The van der Waals surface area contributed by atoms with E-state index in [1.807, 2.05) is 0 Å². The van der Waals surface area contributed by atoms with Gasteiger partial charge in [0.1, 0.15) is 10.0 Å². The topological polar surface area (TPSA) is 102 Å². The summed E-state index contributed by atoms with van der Waals surface area (Å²) >= 11 is 8.79. The van der Waals surface area contributed by atoms with Gasteiger partial charge in [0.05, 0.1) is 16.1 Å². The van der Waals surface area contributed by atoms with Gasteiger partial charge < -0.3 is 11.1 Å². The number of aromatic nitrogens is 3. The van der Waals surface area contributed by atoms with Gasteiger partial charge in [0.2, 0.25) is 0 Å². The second kappa shape index (κ2) is 8.61. The molecule has 0 aromatic carbocycles. The Morgan fingerprint density at radius 3 is 2.77 bits per heavy atom. The van der Waals surface area contributed by atoms with Crippen LogP contribution in [0.5, 0.6) is 0 Å². The highest BCUT2D eigenvalue weighted by atomic mass is 35.5. The SMILES string of the molecule is CC1CCc2c(sc(NC(=O)c3nn4c(C(F)(F)F)cc(-c5cccs5)nc4c3Cl)c2C(N)=O)C1. The van der Waals surface area contributed by atoms with Crippen molar-refractivity contribution in [2.45, 2.75) is 32.4 Å². The lowest BCUT2D eigenvalue weighted by molar-refractivity contribution is -0.142. The van der Waals surface area contributed by atoms with Crippen LogP contribution < -0.4 is 11.1 Å². The zero-order valence-electron chi connectivity index (χ0n) is 18.1. The standard InChI is InChI=1S/C22H17ClF3N5O2S2/c1-9-4-5-10-13(7-9)35-21(15(10)18(27)32)29-20(33)17-16(23)19-28-11(12-3-2-6-34-12)8-14(22(24,25)26)31(19)30-17/h2-3,6,8-9H,4-5,7H2,1H3,(H2,27,32)(H,29,33). The lowest BCUT2D eigenvalue weighted by atomic mass is 9.88. The Morgan fingerprint density at radius 2 is 2.11 bits per heavy atom. The Hall–Kier alpha value is -2.96. The first-order chi connectivity index (χ1) is 16.5. The first kappa shape index (κ1) is 23.8. The summed E-state index contributed by atoms with van der Waals surface area (Å²) < 4.78 is 42.1.